The van der Waals surface area contributed by atoms with Crippen LogP contribution in [0.3, 0.4) is 0 Å². The minimum atomic E-state index is 0.561. The van der Waals surface area contributed by atoms with Crippen molar-refractivity contribution in [1.29, 1.82) is 0 Å². The number of nitrogens with zero attached hydrogens (tertiary/aromatic N) is 3. The highest BCUT2D eigenvalue weighted by Gasteiger charge is 2.19. The largest absolute Gasteiger partial charge is 0.486 e. The molecule has 23 heavy (non-hydrogen) atoms. The van der Waals surface area contributed by atoms with Gasteiger partial charge >= 0.3 is 0 Å². The number of aromatic nitrogens is 2. The smallest absolute Gasteiger partial charge is 0.163 e. The maximum atomic E-state index is 6.26. The van der Waals surface area contributed by atoms with Gasteiger partial charge in [0.15, 0.2) is 23.1 Å². The molecule has 0 radical (unpaired) electrons. The molecule has 0 atom stereocenters. The molecule has 3 heterocycles. The number of nitrogens with one attached hydrogen (secondary N) is 1. The van der Waals surface area contributed by atoms with Crippen molar-refractivity contribution in [3.8, 4) is 11.5 Å². The zero-order valence-corrected chi connectivity index (χ0v) is 12.8. The first kappa shape index (κ1) is 13.9. The number of hydrogen-bond acceptors (Lipinski definition) is 7. The van der Waals surface area contributed by atoms with Crippen molar-refractivity contribution in [3.63, 3.8) is 0 Å². The third kappa shape index (κ3) is 2.69. The summed E-state index contributed by atoms with van der Waals surface area (Å²) in [5.74, 6) is 2.90. The number of nitrogen functional groups attached to an aromatic ring is 1. The predicted octanol–water partition coefficient (Wildman–Crippen LogP) is 2.17. The lowest BCUT2D eigenvalue weighted by Crippen LogP contribution is -2.21. The van der Waals surface area contributed by atoms with Crippen molar-refractivity contribution < 1.29 is 9.47 Å². The number of benzene rings is 1. The quantitative estimate of drug-likeness (QED) is 0.898. The zero-order chi connectivity index (χ0) is 15.6. The molecule has 0 spiro atoms. The van der Waals surface area contributed by atoms with Gasteiger partial charge in [0.1, 0.15) is 25.2 Å². The van der Waals surface area contributed by atoms with E-state index in [0.29, 0.717) is 24.7 Å². The fraction of sp³-hybridized carbons (Fsp3) is 0.375. The van der Waals surface area contributed by atoms with Crippen LogP contribution in [0.15, 0.2) is 24.5 Å². The maximum absolute atomic E-state index is 6.26. The van der Waals surface area contributed by atoms with Gasteiger partial charge < -0.3 is 25.4 Å². The Morgan fingerprint density at radius 1 is 1.04 bits per heavy atom. The summed E-state index contributed by atoms with van der Waals surface area (Å²) in [4.78, 5) is 10.8. The highest BCUT2D eigenvalue weighted by Crippen LogP contribution is 2.35. The number of rotatable bonds is 3. The Bertz CT molecular complexity index is 716. The van der Waals surface area contributed by atoms with E-state index in [2.05, 4.69) is 20.2 Å². The fourth-order valence-electron chi connectivity index (χ4n) is 2.92. The van der Waals surface area contributed by atoms with Crippen LogP contribution in [0.5, 0.6) is 11.5 Å². The molecular formula is C16H19N5O2. The van der Waals surface area contributed by atoms with E-state index in [-0.39, 0.29) is 0 Å². The van der Waals surface area contributed by atoms with Crippen LogP contribution in [0.4, 0.5) is 23.0 Å². The molecule has 0 unspecified atom stereocenters. The summed E-state index contributed by atoms with van der Waals surface area (Å²) in [5.41, 5.74) is 7.69. The van der Waals surface area contributed by atoms with Crippen LogP contribution >= 0.6 is 0 Å². The van der Waals surface area contributed by atoms with Crippen LogP contribution < -0.4 is 25.4 Å². The third-order valence-electron chi connectivity index (χ3n) is 4.07. The number of nitrogens with two attached hydrogens (primary N) is 1. The van der Waals surface area contributed by atoms with Gasteiger partial charge in [0, 0.05) is 24.8 Å². The molecule has 0 amide bonds. The molecule has 1 aromatic heterocycles. The van der Waals surface area contributed by atoms with Crippen LogP contribution in [0.25, 0.3) is 0 Å². The summed E-state index contributed by atoms with van der Waals surface area (Å²) in [6.45, 7) is 3.12. The molecule has 0 aliphatic carbocycles. The van der Waals surface area contributed by atoms with Crippen molar-refractivity contribution >= 4 is 23.0 Å². The highest BCUT2D eigenvalue weighted by atomic mass is 16.6. The fourth-order valence-corrected chi connectivity index (χ4v) is 2.92. The Kier molecular flexibility index (Phi) is 3.53. The van der Waals surface area contributed by atoms with Crippen LogP contribution in [0.1, 0.15) is 12.8 Å². The van der Waals surface area contributed by atoms with E-state index in [1.165, 1.54) is 12.8 Å². The minimum Gasteiger partial charge on any atom is -0.486 e. The molecule has 0 saturated carbocycles. The summed E-state index contributed by atoms with van der Waals surface area (Å²) >= 11 is 0. The topological polar surface area (TPSA) is 85.5 Å². The number of hydrogen-bond donors (Lipinski definition) is 2. The van der Waals surface area contributed by atoms with E-state index in [0.717, 1.165) is 36.1 Å². The van der Waals surface area contributed by atoms with E-state index in [1.807, 2.05) is 18.2 Å². The van der Waals surface area contributed by atoms with Crippen molar-refractivity contribution in [2.24, 2.45) is 0 Å². The Morgan fingerprint density at radius 3 is 2.65 bits per heavy atom. The second-order valence-electron chi connectivity index (χ2n) is 5.64. The maximum Gasteiger partial charge on any atom is 0.163 e. The van der Waals surface area contributed by atoms with Gasteiger partial charge in [0.05, 0.1) is 0 Å². The number of ether oxygens (including phenoxy) is 2. The molecular weight excluding hydrogens is 294 g/mol. The standard InChI is InChI=1S/C16H19N5O2/c17-14-15(18-10-19-16(14)21-5-1-2-6-21)20-11-3-4-12-13(9-11)23-8-7-22-12/h3-4,9-10H,1-2,5-8,17H2,(H,18,19,20). The summed E-state index contributed by atoms with van der Waals surface area (Å²) in [5, 5.41) is 3.25. The van der Waals surface area contributed by atoms with Crippen LogP contribution in [0, 0.1) is 0 Å². The van der Waals surface area contributed by atoms with Gasteiger partial charge in [-0.25, -0.2) is 9.97 Å². The average molecular weight is 313 g/mol. The van der Waals surface area contributed by atoms with Gasteiger partial charge in [-0.05, 0) is 25.0 Å². The van der Waals surface area contributed by atoms with E-state index in [4.69, 9.17) is 15.2 Å². The Hall–Kier alpha value is -2.70. The second-order valence-corrected chi connectivity index (χ2v) is 5.64. The summed E-state index contributed by atoms with van der Waals surface area (Å²) in [6, 6.07) is 5.70. The Balaban J connectivity index is 1.60. The lowest BCUT2D eigenvalue weighted by molar-refractivity contribution is 0.171. The Morgan fingerprint density at radius 2 is 1.83 bits per heavy atom. The number of anilines is 4. The SMILES string of the molecule is Nc1c(Nc2ccc3c(c2)OCCO3)ncnc1N1CCCC1. The minimum absolute atomic E-state index is 0.561. The average Bonchev–Trinajstić information content (AvgIpc) is 3.11. The summed E-state index contributed by atoms with van der Waals surface area (Å²) < 4.78 is 11.1. The van der Waals surface area contributed by atoms with E-state index in [1.54, 1.807) is 6.33 Å². The van der Waals surface area contributed by atoms with Gasteiger partial charge in [-0.2, -0.15) is 0 Å². The molecule has 7 heteroatoms. The first-order valence-corrected chi connectivity index (χ1v) is 7.83. The predicted molar refractivity (Wildman–Crippen MR) is 88.6 cm³/mol. The molecule has 2 aliphatic heterocycles. The summed E-state index contributed by atoms with van der Waals surface area (Å²) in [7, 11) is 0. The van der Waals surface area contributed by atoms with Crippen molar-refractivity contribution in [1.82, 2.24) is 9.97 Å². The molecule has 120 valence electrons. The molecule has 0 bridgehead atoms. The lowest BCUT2D eigenvalue weighted by Gasteiger charge is -2.21. The molecule has 1 saturated heterocycles. The van der Waals surface area contributed by atoms with E-state index < -0.39 is 0 Å². The number of fused-ring (bicyclic) bond motifs is 1. The monoisotopic (exact) mass is 313 g/mol. The van der Waals surface area contributed by atoms with Crippen LogP contribution in [-0.2, 0) is 0 Å². The van der Waals surface area contributed by atoms with Crippen molar-refractivity contribution in [2.45, 2.75) is 12.8 Å². The van der Waals surface area contributed by atoms with Crippen molar-refractivity contribution in [3.05, 3.63) is 24.5 Å². The molecule has 3 N–H and O–H groups in total. The molecule has 1 fully saturated rings. The summed E-state index contributed by atoms with van der Waals surface area (Å²) in [6.07, 6.45) is 3.90. The highest BCUT2D eigenvalue weighted by molar-refractivity contribution is 5.78. The van der Waals surface area contributed by atoms with Crippen molar-refractivity contribution in [2.75, 3.05) is 42.3 Å². The zero-order valence-electron chi connectivity index (χ0n) is 12.8. The molecule has 1 aromatic carbocycles. The molecule has 2 aromatic rings. The van der Waals surface area contributed by atoms with Gasteiger partial charge in [-0.15, -0.1) is 0 Å². The van der Waals surface area contributed by atoms with Gasteiger partial charge in [-0.1, -0.05) is 0 Å². The molecule has 2 aliphatic rings. The molecule has 4 rings (SSSR count). The van der Waals surface area contributed by atoms with Crippen LogP contribution in [-0.4, -0.2) is 36.3 Å². The van der Waals surface area contributed by atoms with Gasteiger partial charge in [0.2, 0.25) is 0 Å². The van der Waals surface area contributed by atoms with Gasteiger partial charge in [0.25, 0.3) is 0 Å². The molecule has 7 nitrogen and oxygen atoms in total. The first-order chi connectivity index (χ1) is 11.3. The lowest BCUT2D eigenvalue weighted by atomic mass is 10.2. The third-order valence-corrected chi connectivity index (χ3v) is 4.07. The van der Waals surface area contributed by atoms with E-state index >= 15 is 0 Å². The first-order valence-electron chi connectivity index (χ1n) is 7.83. The normalized spacial score (nSPS) is 16.4. The van der Waals surface area contributed by atoms with Gasteiger partial charge in [-0.3, -0.25) is 0 Å². The van der Waals surface area contributed by atoms with Crippen LogP contribution in [0.2, 0.25) is 0 Å². The Labute approximate surface area is 134 Å². The second kappa shape index (κ2) is 5.83. The van der Waals surface area contributed by atoms with E-state index in [9.17, 15) is 0 Å².